The van der Waals surface area contributed by atoms with Crippen molar-refractivity contribution in [3.63, 3.8) is 0 Å². The van der Waals surface area contributed by atoms with E-state index < -0.39 is 0 Å². The van der Waals surface area contributed by atoms with Crippen LogP contribution in [0.5, 0.6) is 5.75 Å². The second kappa shape index (κ2) is 10.4. The van der Waals surface area contributed by atoms with Crippen LogP contribution < -0.4 is 9.64 Å². The zero-order valence-corrected chi connectivity index (χ0v) is 19.7. The predicted octanol–water partition coefficient (Wildman–Crippen LogP) is 2.83. The predicted molar refractivity (Wildman–Crippen MR) is 124 cm³/mol. The topological polar surface area (TPSA) is 78.9 Å². The second-order valence-electron chi connectivity index (χ2n) is 8.47. The highest BCUT2D eigenvalue weighted by Crippen LogP contribution is 2.31. The quantitative estimate of drug-likeness (QED) is 0.660. The number of aromatic nitrogens is 2. The highest BCUT2D eigenvalue weighted by atomic mass is 16.5. The van der Waals surface area contributed by atoms with Gasteiger partial charge in [-0.3, -0.25) is 9.59 Å². The van der Waals surface area contributed by atoms with Gasteiger partial charge in [0, 0.05) is 40.7 Å². The van der Waals surface area contributed by atoms with Crippen molar-refractivity contribution in [1.82, 2.24) is 19.8 Å². The Hall–Kier alpha value is -3.16. The van der Waals surface area contributed by atoms with Crippen LogP contribution in [0, 0.1) is 0 Å². The third-order valence-corrected chi connectivity index (χ3v) is 5.81. The van der Waals surface area contributed by atoms with Crippen LogP contribution in [0.25, 0.3) is 0 Å². The zero-order valence-electron chi connectivity index (χ0n) is 19.7. The molecule has 0 unspecified atom stereocenters. The van der Waals surface area contributed by atoms with Crippen LogP contribution in [0.1, 0.15) is 49.3 Å². The summed E-state index contributed by atoms with van der Waals surface area (Å²) in [4.78, 5) is 40.0. The van der Waals surface area contributed by atoms with E-state index in [0.29, 0.717) is 25.3 Å². The van der Waals surface area contributed by atoms with Crippen molar-refractivity contribution in [2.45, 2.75) is 45.2 Å². The fourth-order valence-corrected chi connectivity index (χ4v) is 3.83. The van der Waals surface area contributed by atoms with E-state index in [1.165, 1.54) is 6.92 Å². The number of carbonyl (C=O) groups is 2. The Balaban J connectivity index is 1.86. The lowest BCUT2D eigenvalue weighted by Crippen LogP contribution is -2.40. The highest BCUT2D eigenvalue weighted by molar-refractivity contribution is 5.79. The first-order valence-corrected chi connectivity index (χ1v) is 11.0. The van der Waals surface area contributed by atoms with Crippen molar-refractivity contribution in [2.75, 3.05) is 39.7 Å². The van der Waals surface area contributed by atoms with Gasteiger partial charge in [-0.15, -0.1) is 0 Å². The van der Waals surface area contributed by atoms with Gasteiger partial charge in [0.15, 0.2) is 5.82 Å². The van der Waals surface area contributed by atoms with Crippen molar-refractivity contribution in [3.05, 3.63) is 47.4 Å². The molecule has 32 heavy (non-hydrogen) atoms. The van der Waals surface area contributed by atoms with E-state index >= 15 is 0 Å². The molecule has 172 valence electrons. The number of ether oxygens (including phenoxy) is 1. The molecule has 1 aliphatic heterocycles. The first-order chi connectivity index (χ1) is 15.3. The smallest absolute Gasteiger partial charge is 0.227 e. The molecule has 0 bridgehead atoms. The summed E-state index contributed by atoms with van der Waals surface area (Å²) < 4.78 is 5.21. The largest absolute Gasteiger partial charge is 0.497 e. The van der Waals surface area contributed by atoms with Crippen LogP contribution in [0.15, 0.2) is 30.3 Å². The molecule has 1 saturated heterocycles. The summed E-state index contributed by atoms with van der Waals surface area (Å²) in [5.41, 5.74) is 1.72. The Morgan fingerprint density at radius 1 is 1.12 bits per heavy atom. The van der Waals surface area contributed by atoms with Crippen molar-refractivity contribution in [1.29, 1.82) is 0 Å². The standard InChI is InChI=1S/C24H33N5O3/c1-17(30)28(4)16-19-15-22(27(2)3)26-24(25-19)21-8-6-7-13-29(21)23(31)14-18-9-11-20(32-5)12-10-18/h9-12,15,21H,6-8,13-14,16H2,1-5H3/t21-/m0/s1. The third-order valence-electron chi connectivity index (χ3n) is 5.81. The first kappa shape index (κ1) is 23.5. The minimum atomic E-state index is -0.171. The van der Waals surface area contributed by atoms with Gasteiger partial charge in [-0.25, -0.2) is 9.97 Å². The van der Waals surface area contributed by atoms with Crippen LogP contribution in [-0.4, -0.2) is 66.4 Å². The van der Waals surface area contributed by atoms with Gasteiger partial charge in [0.2, 0.25) is 11.8 Å². The van der Waals surface area contributed by atoms with Gasteiger partial charge in [0.1, 0.15) is 11.6 Å². The number of rotatable bonds is 7. The Morgan fingerprint density at radius 2 is 1.84 bits per heavy atom. The SMILES string of the molecule is COc1ccc(CC(=O)N2CCCC[C@H]2c2nc(CN(C)C(C)=O)cc(N(C)C)n2)cc1. The van der Waals surface area contributed by atoms with Gasteiger partial charge < -0.3 is 19.4 Å². The minimum absolute atomic E-state index is 0.0227. The van der Waals surface area contributed by atoms with E-state index in [9.17, 15) is 9.59 Å². The number of hydrogen-bond donors (Lipinski definition) is 0. The molecular weight excluding hydrogens is 406 g/mol. The van der Waals surface area contributed by atoms with Gasteiger partial charge in [0.05, 0.1) is 31.8 Å². The first-order valence-electron chi connectivity index (χ1n) is 11.0. The van der Waals surface area contributed by atoms with E-state index in [-0.39, 0.29) is 17.9 Å². The molecule has 1 aromatic carbocycles. The van der Waals surface area contributed by atoms with E-state index in [1.54, 1.807) is 19.1 Å². The number of anilines is 1. The van der Waals surface area contributed by atoms with Crippen LogP contribution >= 0.6 is 0 Å². The fourth-order valence-electron chi connectivity index (χ4n) is 3.83. The van der Waals surface area contributed by atoms with Crippen molar-refractivity contribution in [3.8, 4) is 5.75 Å². The second-order valence-corrected chi connectivity index (χ2v) is 8.47. The molecule has 1 aromatic heterocycles. The monoisotopic (exact) mass is 439 g/mol. The van der Waals surface area contributed by atoms with E-state index in [4.69, 9.17) is 14.7 Å². The molecule has 1 atom stereocenters. The van der Waals surface area contributed by atoms with Gasteiger partial charge in [-0.2, -0.15) is 0 Å². The van der Waals surface area contributed by atoms with Crippen LogP contribution in [0.4, 0.5) is 5.82 Å². The fraction of sp³-hybridized carbons (Fsp3) is 0.500. The molecule has 8 nitrogen and oxygen atoms in total. The number of benzene rings is 1. The van der Waals surface area contributed by atoms with Crippen LogP contribution in [0.3, 0.4) is 0 Å². The number of likely N-dealkylation sites (tertiary alicyclic amines) is 1. The number of carbonyl (C=O) groups excluding carboxylic acids is 2. The molecule has 0 saturated carbocycles. The highest BCUT2D eigenvalue weighted by Gasteiger charge is 2.30. The van der Waals surface area contributed by atoms with Gasteiger partial charge in [-0.05, 0) is 37.0 Å². The molecule has 2 aromatic rings. The van der Waals surface area contributed by atoms with Crippen LogP contribution in [0.2, 0.25) is 0 Å². The molecule has 2 heterocycles. The normalized spacial score (nSPS) is 15.9. The zero-order chi connectivity index (χ0) is 23.3. The lowest BCUT2D eigenvalue weighted by atomic mass is 9.99. The molecule has 1 fully saturated rings. The lowest BCUT2D eigenvalue weighted by Gasteiger charge is -2.35. The summed E-state index contributed by atoms with van der Waals surface area (Å²) in [6.45, 7) is 2.63. The van der Waals surface area contributed by atoms with Gasteiger partial charge in [-0.1, -0.05) is 12.1 Å². The molecule has 8 heteroatoms. The number of hydrogen-bond acceptors (Lipinski definition) is 6. The molecule has 2 amide bonds. The number of amides is 2. The third kappa shape index (κ3) is 5.75. The summed E-state index contributed by atoms with van der Waals surface area (Å²) >= 11 is 0. The van der Waals surface area contributed by atoms with Gasteiger partial charge >= 0.3 is 0 Å². The number of piperidine rings is 1. The maximum atomic E-state index is 13.3. The molecule has 0 radical (unpaired) electrons. The molecule has 1 aliphatic rings. The summed E-state index contributed by atoms with van der Waals surface area (Å²) in [5, 5.41) is 0. The Labute approximate surface area is 190 Å². The van der Waals surface area contributed by atoms with E-state index in [0.717, 1.165) is 42.1 Å². The Morgan fingerprint density at radius 3 is 2.47 bits per heavy atom. The van der Waals surface area contributed by atoms with Crippen molar-refractivity contribution in [2.24, 2.45) is 0 Å². The molecule has 0 aliphatic carbocycles. The maximum Gasteiger partial charge on any atom is 0.227 e. The van der Waals surface area contributed by atoms with Crippen molar-refractivity contribution >= 4 is 17.6 Å². The molecule has 3 rings (SSSR count). The molecule has 0 N–H and O–H groups in total. The summed E-state index contributed by atoms with van der Waals surface area (Å²) in [6.07, 6.45) is 3.15. The van der Waals surface area contributed by atoms with Gasteiger partial charge in [0.25, 0.3) is 0 Å². The van der Waals surface area contributed by atoms with E-state index in [2.05, 4.69) is 0 Å². The number of nitrogens with zero attached hydrogens (tertiary/aromatic N) is 5. The van der Waals surface area contributed by atoms with Crippen molar-refractivity contribution < 1.29 is 14.3 Å². The van der Waals surface area contributed by atoms with Crippen LogP contribution in [-0.2, 0) is 22.6 Å². The summed E-state index contributed by atoms with van der Waals surface area (Å²) in [5.74, 6) is 2.24. The van der Waals surface area contributed by atoms with E-state index in [1.807, 2.05) is 54.2 Å². The average molecular weight is 440 g/mol. The summed E-state index contributed by atoms with van der Waals surface area (Å²) in [6, 6.07) is 9.32. The average Bonchev–Trinajstić information content (AvgIpc) is 2.79. The molecule has 0 spiro atoms. The summed E-state index contributed by atoms with van der Waals surface area (Å²) in [7, 11) is 7.24. The Kier molecular flexibility index (Phi) is 7.66. The maximum absolute atomic E-state index is 13.3. The minimum Gasteiger partial charge on any atom is -0.497 e. The molecular formula is C24H33N5O3. The lowest BCUT2D eigenvalue weighted by molar-refractivity contribution is -0.134. The number of methoxy groups -OCH3 is 1. The Bertz CT molecular complexity index is 945.